The van der Waals surface area contributed by atoms with Crippen LogP contribution >= 0.6 is 0 Å². The van der Waals surface area contributed by atoms with Gasteiger partial charge >= 0.3 is 0 Å². The monoisotopic (exact) mass is 480 g/mol. The molecule has 3 aromatic carbocycles. The molecule has 0 radical (unpaired) electrons. The fourth-order valence-electron chi connectivity index (χ4n) is 3.32. The molecule has 0 N–H and O–H groups in total. The van der Waals surface area contributed by atoms with Crippen LogP contribution in [0.3, 0.4) is 0 Å². The largest absolute Gasteiger partial charge is 0.269 e. The Morgan fingerprint density at radius 1 is 0.600 bits per heavy atom. The molecular weight excluding hydrogens is 434 g/mol. The first-order valence-corrected chi connectivity index (χ1v) is 12.4. The molecule has 192 valence electrons. The van der Waals surface area contributed by atoms with Crippen LogP contribution in [0.2, 0.25) is 0 Å². The van der Waals surface area contributed by atoms with Gasteiger partial charge in [-0.05, 0) is 109 Å². The number of allylic oxidation sites excluding steroid dienone is 2. The van der Waals surface area contributed by atoms with Crippen LogP contribution in [0.25, 0.3) is 0 Å². The summed E-state index contributed by atoms with van der Waals surface area (Å²) in [7, 11) is 0. The van der Waals surface area contributed by atoms with Crippen LogP contribution in [0.1, 0.15) is 72.1 Å². The first kappa shape index (κ1) is 32.3. The molecule has 0 nitrogen and oxygen atoms in total. The van der Waals surface area contributed by atoms with Crippen molar-refractivity contribution in [2.75, 3.05) is 0 Å². The van der Waals surface area contributed by atoms with E-state index < -0.39 is 0 Å². The molecule has 1 aliphatic carbocycles. The van der Waals surface area contributed by atoms with Gasteiger partial charge < -0.3 is 0 Å². The Morgan fingerprint density at radius 2 is 1.06 bits per heavy atom. The molecule has 0 aliphatic heterocycles. The lowest BCUT2D eigenvalue weighted by molar-refractivity contribution is 0.514. The second kappa shape index (κ2) is 16.8. The minimum atomic E-state index is -0.116. The van der Waals surface area contributed by atoms with E-state index in [0.717, 1.165) is 11.5 Å². The fraction of sp³-hybridized carbons (Fsp3) is 0.394. The summed E-state index contributed by atoms with van der Waals surface area (Å²) in [4.78, 5) is 0. The summed E-state index contributed by atoms with van der Waals surface area (Å²) in [5.41, 5.74) is 10.0. The van der Waals surface area contributed by atoms with Crippen molar-refractivity contribution < 1.29 is 9.09 Å². The van der Waals surface area contributed by atoms with Crippen LogP contribution in [0.15, 0.2) is 72.3 Å². The zero-order valence-electron chi connectivity index (χ0n) is 23.3. The number of halogens is 2. The third-order valence-corrected chi connectivity index (χ3v) is 6.11. The average molecular weight is 481 g/mol. The first-order valence-electron chi connectivity index (χ1n) is 12.4. The van der Waals surface area contributed by atoms with E-state index in [1.165, 1.54) is 53.1 Å². The Labute approximate surface area is 213 Å². The molecule has 0 amide bonds. The summed E-state index contributed by atoms with van der Waals surface area (Å²) in [6.07, 6.45) is 6.42. The van der Waals surface area contributed by atoms with Gasteiger partial charge in [-0.15, -0.1) is 0 Å². The number of benzene rings is 3. The van der Waals surface area contributed by atoms with Crippen LogP contribution in [-0.4, -0.2) is 0 Å². The van der Waals surface area contributed by atoms with E-state index in [9.17, 15) is 4.39 Å². The maximum atomic E-state index is 12.6. The van der Waals surface area contributed by atoms with Gasteiger partial charge in [0.2, 0.25) is 0 Å². The first-order chi connectivity index (χ1) is 16.0. The minimum Gasteiger partial charge on any atom is -0.269 e. The van der Waals surface area contributed by atoms with Gasteiger partial charge in [0, 0.05) is 0 Å². The molecule has 0 spiro atoms. The van der Waals surface area contributed by atoms with Crippen LogP contribution in [0.5, 0.6) is 0 Å². The van der Waals surface area contributed by atoms with Gasteiger partial charge in [0.15, 0.2) is 0 Å². The van der Waals surface area contributed by atoms with Crippen molar-refractivity contribution in [3.05, 3.63) is 117 Å². The highest BCUT2D eigenvalue weighted by Gasteiger charge is 2.05. The van der Waals surface area contributed by atoms with Crippen LogP contribution in [0.4, 0.5) is 9.09 Å². The molecule has 0 fully saturated rings. The molecule has 2 heteroatoms. The molecule has 0 saturated heterocycles. The minimum absolute atomic E-state index is 0. The number of rotatable bonds is 0. The normalized spacial score (nSPS) is 13.9. The number of aryl methyl sites for hydroxylation is 7. The lowest BCUT2D eigenvalue weighted by Gasteiger charge is -2.14. The predicted molar refractivity (Wildman–Crippen MR) is 152 cm³/mol. The van der Waals surface area contributed by atoms with Crippen molar-refractivity contribution in [1.29, 1.82) is 0 Å². The van der Waals surface area contributed by atoms with Crippen molar-refractivity contribution in [1.82, 2.24) is 0 Å². The summed E-state index contributed by atoms with van der Waals surface area (Å²) in [6, 6.07) is 20.2. The maximum Gasteiger partial charge on any atom is 0.126 e. The molecule has 1 unspecified atom stereocenters. The van der Waals surface area contributed by atoms with Crippen molar-refractivity contribution in [2.45, 2.75) is 81.6 Å². The Kier molecular flexibility index (Phi) is 15.5. The van der Waals surface area contributed by atoms with Crippen molar-refractivity contribution in [3.8, 4) is 0 Å². The van der Waals surface area contributed by atoms with Gasteiger partial charge in [0.05, 0.1) is 0 Å². The molecule has 4 rings (SSSR count). The summed E-state index contributed by atoms with van der Waals surface area (Å²) in [6.45, 7) is 18.8. The number of hydrogen-bond acceptors (Lipinski definition) is 0. The molecule has 1 atom stereocenters. The Bertz CT molecular complexity index is 959. The molecule has 0 heterocycles. The lowest BCUT2D eigenvalue weighted by Crippen LogP contribution is -1.98. The van der Waals surface area contributed by atoms with E-state index in [1.54, 1.807) is 18.6 Å². The second-order valence-corrected chi connectivity index (χ2v) is 9.93. The summed E-state index contributed by atoms with van der Waals surface area (Å²) < 4.78 is 12.6. The maximum absolute atomic E-state index is 12.6. The van der Waals surface area contributed by atoms with Gasteiger partial charge in [-0.1, -0.05) is 89.9 Å². The third-order valence-electron chi connectivity index (χ3n) is 6.11. The van der Waals surface area contributed by atoms with E-state index in [4.69, 9.17) is 0 Å². The molecule has 0 aromatic heterocycles. The van der Waals surface area contributed by atoms with Gasteiger partial charge in [0.25, 0.3) is 0 Å². The lowest BCUT2D eigenvalue weighted by atomic mass is 9.92. The SMILES string of the molecule is CC1=CCC(C)CC1.Cc1ccc(C)c(C)c1.Cc1ccc(C)c(F)c1.Cc1ccc(C)cc1.F. The second-order valence-electron chi connectivity index (χ2n) is 9.93. The Morgan fingerprint density at radius 3 is 1.40 bits per heavy atom. The third kappa shape index (κ3) is 14.3. The molecular formula is C33H46F2. The fourth-order valence-corrected chi connectivity index (χ4v) is 3.32. The van der Waals surface area contributed by atoms with E-state index in [0.29, 0.717) is 5.56 Å². The highest BCUT2D eigenvalue weighted by atomic mass is 19.1. The van der Waals surface area contributed by atoms with Crippen molar-refractivity contribution in [3.63, 3.8) is 0 Å². The summed E-state index contributed by atoms with van der Waals surface area (Å²) in [5.74, 6) is 0.828. The Balaban J connectivity index is 0.000000437. The smallest absolute Gasteiger partial charge is 0.126 e. The van der Waals surface area contributed by atoms with Crippen molar-refractivity contribution in [2.24, 2.45) is 5.92 Å². The van der Waals surface area contributed by atoms with Gasteiger partial charge in [-0.25, -0.2) is 4.39 Å². The van der Waals surface area contributed by atoms with E-state index >= 15 is 0 Å². The topological polar surface area (TPSA) is 0 Å². The van der Waals surface area contributed by atoms with E-state index in [1.807, 2.05) is 13.0 Å². The molecule has 0 bridgehead atoms. The predicted octanol–water partition coefficient (Wildman–Crippen LogP) is 10.3. The van der Waals surface area contributed by atoms with Gasteiger partial charge in [-0.3, -0.25) is 4.70 Å². The van der Waals surface area contributed by atoms with Gasteiger partial charge in [0.1, 0.15) is 5.82 Å². The standard InChI is InChI=1S/C9H12.C8H9F.C8H14.C8H10.FH/c1-7-4-5-8(2)9(3)6-7;1-6-3-4-7(2)8(9)5-6;2*1-7-3-5-8(2)6-4-7;/h4-6H,1-3H3;3-5H,1-2H3;3,8H,4-6H2,1-2H3;3-6H,1-2H3;1H. The molecule has 1 aliphatic rings. The highest BCUT2D eigenvalue weighted by molar-refractivity contribution is 5.28. The van der Waals surface area contributed by atoms with Crippen molar-refractivity contribution >= 4 is 0 Å². The zero-order chi connectivity index (χ0) is 25.7. The molecule has 3 aromatic rings. The van der Waals surface area contributed by atoms with Gasteiger partial charge in [-0.2, -0.15) is 0 Å². The summed E-state index contributed by atoms with van der Waals surface area (Å²) >= 11 is 0. The quantitative estimate of drug-likeness (QED) is 0.281. The van der Waals surface area contributed by atoms with E-state index in [-0.39, 0.29) is 10.5 Å². The molecule has 35 heavy (non-hydrogen) atoms. The highest BCUT2D eigenvalue weighted by Crippen LogP contribution is 2.21. The summed E-state index contributed by atoms with van der Waals surface area (Å²) in [5, 5.41) is 0. The van der Waals surface area contributed by atoms with E-state index in [2.05, 4.69) is 97.0 Å². The molecule has 0 saturated carbocycles. The number of hydrogen-bond donors (Lipinski definition) is 0. The van der Waals surface area contributed by atoms with Crippen LogP contribution in [0, 0.1) is 60.2 Å². The van der Waals surface area contributed by atoms with Crippen LogP contribution in [-0.2, 0) is 0 Å². The zero-order valence-corrected chi connectivity index (χ0v) is 23.3. The van der Waals surface area contributed by atoms with Crippen LogP contribution < -0.4 is 0 Å². The average Bonchev–Trinajstić information content (AvgIpc) is 2.79. The Hall–Kier alpha value is -2.74.